The molecule has 2 N–H and O–H groups in total. The van der Waals surface area contributed by atoms with E-state index in [1.807, 2.05) is 50.2 Å². The van der Waals surface area contributed by atoms with E-state index < -0.39 is 11.9 Å². The SMILES string of the molecule is Cc1ccc(NC(=O)NC(=O)CSc2nc3ccccc3o2)cc1C. The zero-order valence-corrected chi connectivity index (χ0v) is 14.6. The molecule has 0 bridgehead atoms. The van der Waals surface area contributed by atoms with Crippen molar-refractivity contribution in [3.63, 3.8) is 0 Å². The van der Waals surface area contributed by atoms with Gasteiger partial charge in [0.2, 0.25) is 5.91 Å². The number of hydrogen-bond donors (Lipinski definition) is 2. The fraction of sp³-hybridized carbons (Fsp3) is 0.167. The monoisotopic (exact) mass is 355 g/mol. The number of nitrogens with one attached hydrogen (secondary N) is 2. The lowest BCUT2D eigenvalue weighted by molar-refractivity contribution is -0.117. The van der Waals surface area contributed by atoms with Crippen LogP contribution >= 0.6 is 11.8 Å². The van der Waals surface area contributed by atoms with Gasteiger partial charge in [0.25, 0.3) is 5.22 Å². The summed E-state index contributed by atoms with van der Waals surface area (Å²) in [6, 6.07) is 12.4. The van der Waals surface area contributed by atoms with Crippen LogP contribution in [-0.2, 0) is 4.79 Å². The summed E-state index contributed by atoms with van der Waals surface area (Å²) in [5, 5.41) is 5.32. The molecule has 0 fully saturated rings. The maximum atomic E-state index is 11.9. The van der Waals surface area contributed by atoms with Crippen molar-refractivity contribution in [2.24, 2.45) is 0 Å². The third-order valence-electron chi connectivity index (χ3n) is 3.62. The van der Waals surface area contributed by atoms with E-state index in [9.17, 15) is 9.59 Å². The molecule has 3 amide bonds. The van der Waals surface area contributed by atoms with Gasteiger partial charge in [-0.3, -0.25) is 10.1 Å². The summed E-state index contributed by atoms with van der Waals surface area (Å²) in [5.74, 6) is -0.388. The van der Waals surface area contributed by atoms with Crippen LogP contribution < -0.4 is 10.6 Å². The summed E-state index contributed by atoms with van der Waals surface area (Å²) in [6.07, 6.45) is 0. The molecular formula is C18H17N3O3S. The number of para-hydroxylation sites is 2. The number of aromatic nitrogens is 1. The van der Waals surface area contributed by atoms with Gasteiger partial charge in [0.05, 0.1) is 5.75 Å². The number of carbonyl (C=O) groups excluding carboxylic acids is 2. The average Bonchev–Trinajstić information content (AvgIpc) is 2.99. The molecule has 128 valence electrons. The Hall–Kier alpha value is -2.80. The Balaban J connectivity index is 1.51. The Kier molecular flexibility index (Phi) is 5.04. The van der Waals surface area contributed by atoms with E-state index in [0.717, 1.165) is 28.4 Å². The Morgan fingerprint density at radius 3 is 2.68 bits per heavy atom. The number of anilines is 1. The number of benzene rings is 2. The molecule has 6 nitrogen and oxygen atoms in total. The molecule has 2 aromatic carbocycles. The smallest absolute Gasteiger partial charge is 0.325 e. The number of rotatable bonds is 4. The number of thioether (sulfide) groups is 1. The van der Waals surface area contributed by atoms with Gasteiger partial charge in [-0.1, -0.05) is 30.0 Å². The number of carbonyl (C=O) groups is 2. The van der Waals surface area contributed by atoms with Crippen molar-refractivity contribution in [3.05, 3.63) is 53.6 Å². The third kappa shape index (κ3) is 4.39. The number of fused-ring (bicyclic) bond motifs is 1. The average molecular weight is 355 g/mol. The van der Waals surface area contributed by atoms with Gasteiger partial charge in [-0.25, -0.2) is 9.78 Å². The molecule has 0 saturated carbocycles. The number of oxazole rings is 1. The minimum Gasteiger partial charge on any atom is -0.431 e. The van der Waals surface area contributed by atoms with Crippen LogP contribution in [0.1, 0.15) is 11.1 Å². The molecule has 3 aromatic rings. The Bertz CT molecular complexity index is 903. The van der Waals surface area contributed by atoms with Gasteiger partial charge in [0, 0.05) is 5.69 Å². The highest BCUT2D eigenvalue weighted by Gasteiger charge is 2.12. The summed E-state index contributed by atoms with van der Waals surface area (Å²) in [6.45, 7) is 3.95. The van der Waals surface area contributed by atoms with Crippen LogP contribution in [-0.4, -0.2) is 22.7 Å². The molecule has 3 rings (SSSR count). The number of imide groups is 1. The first-order valence-corrected chi connectivity index (χ1v) is 8.66. The van der Waals surface area contributed by atoms with E-state index >= 15 is 0 Å². The van der Waals surface area contributed by atoms with Crippen molar-refractivity contribution in [3.8, 4) is 0 Å². The highest BCUT2D eigenvalue weighted by molar-refractivity contribution is 7.99. The topological polar surface area (TPSA) is 84.2 Å². The lowest BCUT2D eigenvalue weighted by atomic mass is 10.1. The van der Waals surface area contributed by atoms with Crippen LogP contribution in [0.4, 0.5) is 10.5 Å². The Morgan fingerprint density at radius 1 is 1.12 bits per heavy atom. The second kappa shape index (κ2) is 7.40. The molecule has 25 heavy (non-hydrogen) atoms. The van der Waals surface area contributed by atoms with Crippen molar-refractivity contribution in [1.29, 1.82) is 0 Å². The zero-order chi connectivity index (χ0) is 17.8. The van der Waals surface area contributed by atoms with Gasteiger partial charge in [0.1, 0.15) is 5.52 Å². The molecule has 0 unspecified atom stereocenters. The molecule has 1 heterocycles. The number of urea groups is 1. The molecule has 7 heteroatoms. The molecule has 0 aliphatic carbocycles. The first-order valence-electron chi connectivity index (χ1n) is 7.68. The Morgan fingerprint density at radius 2 is 1.92 bits per heavy atom. The predicted octanol–water partition coefficient (Wildman–Crippen LogP) is 3.89. The van der Waals surface area contributed by atoms with E-state index in [0.29, 0.717) is 16.5 Å². The van der Waals surface area contributed by atoms with Gasteiger partial charge in [-0.05, 0) is 49.2 Å². The molecule has 0 aliphatic heterocycles. The minimum atomic E-state index is -0.564. The summed E-state index contributed by atoms with van der Waals surface area (Å²) in [4.78, 5) is 28.0. The highest BCUT2D eigenvalue weighted by atomic mass is 32.2. The van der Waals surface area contributed by atoms with Crippen LogP contribution in [0.15, 0.2) is 52.1 Å². The fourth-order valence-electron chi connectivity index (χ4n) is 2.18. The summed E-state index contributed by atoms with van der Waals surface area (Å²) in [5.41, 5.74) is 4.24. The second-order valence-corrected chi connectivity index (χ2v) is 6.46. The third-order valence-corrected chi connectivity index (χ3v) is 4.45. The summed E-state index contributed by atoms with van der Waals surface area (Å²) < 4.78 is 5.51. The zero-order valence-electron chi connectivity index (χ0n) is 13.8. The van der Waals surface area contributed by atoms with Gasteiger partial charge in [-0.15, -0.1) is 0 Å². The first-order chi connectivity index (χ1) is 12.0. The van der Waals surface area contributed by atoms with Crippen LogP contribution in [0.5, 0.6) is 0 Å². The minimum absolute atomic E-state index is 0.0349. The van der Waals surface area contributed by atoms with E-state index in [1.54, 1.807) is 6.07 Å². The van der Waals surface area contributed by atoms with Crippen molar-refractivity contribution in [1.82, 2.24) is 10.3 Å². The van der Waals surface area contributed by atoms with Crippen LogP contribution in [0.25, 0.3) is 11.1 Å². The highest BCUT2D eigenvalue weighted by Crippen LogP contribution is 2.22. The first kappa shape index (κ1) is 17.0. The number of aryl methyl sites for hydroxylation is 2. The Labute approximate surface area is 149 Å². The van der Waals surface area contributed by atoms with E-state index in [4.69, 9.17) is 4.42 Å². The van der Waals surface area contributed by atoms with Crippen molar-refractivity contribution in [2.45, 2.75) is 19.1 Å². The maximum Gasteiger partial charge on any atom is 0.325 e. The van der Waals surface area contributed by atoms with Gasteiger partial charge < -0.3 is 9.73 Å². The maximum absolute atomic E-state index is 11.9. The molecular weight excluding hydrogens is 338 g/mol. The quantitative estimate of drug-likeness (QED) is 0.694. The standard InChI is InChI=1S/C18H17N3O3S/c1-11-7-8-13(9-12(11)2)19-17(23)21-16(22)10-25-18-20-14-5-3-4-6-15(14)24-18/h3-9H,10H2,1-2H3,(H2,19,21,22,23). The van der Waals surface area contributed by atoms with Crippen LogP contribution in [0.2, 0.25) is 0 Å². The lowest BCUT2D eigenvalue weighted by Gasteiger charge is -2.08. The number of hydrogen-bond acceptors (Lipinski definition) is 5. The van der Waals surface area contributed by atoms with Gasteiger partial charge in [0.15, 0.2) is 5.58 Å². The molecule has 0 radical (unpaired) electrons. The van der Waals surface area contributed by atoms with Crippen molar-refractivity contribution >= 4 is 40.5 Å². The normalized spacial score (nSPS) is 10.6. The van der Waals surface area contributed by atoms with Crippen LogP contribution in [0, 0.1) is 13.8 Å². The molecule has 0 saturated heterocycles. The molecule has 0 spiro atoms. The molecule has 0 aliphatic rings. The lowest BCUT2D eigenvalue weighted by Crippen LogP contribution is -2.35. The van der Waals surface area contributed by atoms with Crippen molar-refractivity contribution < 1.29 is 14.0 Å². The number of amides is 3. The molecule has 0 atom stereocenters. The van der Waals surface area contributed by atoms with Crippen molar-refractivity contribution in [2.75, 3.05) is 11.1 Å². The van der Waals surface area contributed by atoms with Crippen LogP contribution in [0.3, 0.4) is 0 Å². The largest absolute Gasteiger partial charge is 0.431 e. The second-order valence-electron chi connectivity index (χ2n) is 5.54. The van der Waals surface area contributed by atoms with E-state index in [-0.39, 0.29) is 5.75 Å². The fourth-order valence-corrected chi connectivity index (χ4v) is 2.82. The van der Waals surface area contributed by atoms with E-state index in [2.05, 4.69) is 15.6 Å². The summed E-state index contributed by atoms with van der Waals surface area (Å²) in [7, 11) is 0. The number of nitrogens with zero attached hydrogens (tertiary/aromatic N) is 1. The van der Waals surface area contributed by atoms with Gasteiger partial charge >= 0.3 is 6.03 Å². The van der Waals surface area contributed by atoms with Gasteiger partial charge in [-0.2, -0.15) is 0 Å². The predicted molar refractivity (Wildman–Crippen MR) is 97.8 cm³/mol. The van der Waals surface area contributed by atoms with E-state index in [1.165, 1.54) is 0 Å². The molecule has 1 aromatic heterocycles. The summed E-state index contributed by atoms with van der Waals surface area (Å²) >= 11 is 1.14.